The van der Waals surface area contributed by atoms with Crippen LogP contribution < -0.4 is 0 Å². The Morgan fingerprint density at radius 1 is 1.25 bits per heavy atom. The van der Waals surface area contributed by atoms with Gasteiger partial charge in [-0.25, -0.2) is 0 Å². The maximum absolute atomic E-state index is 12.4. The van der Waals surface area contributed by atoms with Crippen molar-refractivity contribution < 1.29 is 4.79 Å². The number of hydrogen-bond acceptors (Lipinski definition) is 1. The molecule has 1 atom stereocenters. The highest BCUT2D eigenvalue weighted by atomic mass is 16.1. The summed E-state index contributed by atoms with van der Waals surface area (Å²) in [5.74, 6) is 1.18. The lowest BCUT2D eigenvalue weighted by molar-refractivity contribution is -0.129. The molecular formula is C15H28O. The van der Waals surface area contributed by atoms with Crippen LogP contribution in [-0.4, -0.2) is 5.78 Å². The van der Waals surface area contributed by atoms with Gasteiger partial charge in [-0.05, 0) is 29.6 Å². The van der Waals surface area contributed by atoms with Crippen molar-refractivity contribution in [2.45, 2.75) is 67.2 Å². The van der Waals surface area contributed by atoms with Crippen molar-refractivity contribution in [1.82, 2.24) is 0 Å². The molecule has 1 aliphatic carbocycles. The van der Waals surface area contributed by atoms with Crippen molar-refractivity contribution in [1.29, 1.82) is 0 Å². The molecule has 1 nitrogen and oxygen atoms in total. The average molecular weight is 224 g/mol. The van der Waals surface area contributed by atoms with Gasteiger partial charge in [-0.1, -0.05) is 48.0 Å². The fourth-order valence-electron chi connectivity index (χ4n) is 3.17. The molecule has 0 aromatic heterocycles. The first-order chi connectivity index (χ1) is 7.22. The van der Waals surface area contributed by atoms with E-state index < -0.39 is 0 Å². The van der Waals surface area contributed by atoms with Crippen LogP contribution in [0.5, 0.6) is 0 Å². The van der Waals surface area contributed by atoms with Gasteiger partial charge in [-0.3, -0.25) is 4.79 Å². The molecule has 1 unspecified atom stereocenters. The minimum absolute atomic E-state index is 0.106. The zero-order valence-electron chi connectivity index (χ0n) is 11.9. The second-order valence-electron chi connectivity index (χ2n) is 7.08. The van der Waals surface area contributed by atoms with Gasteiger partial charge in [0.05, 0.1) is 0 Å². The zero-order valence-corrected chi connectivity index (χ0v) is 11.9. The maximum Gasteiger partial charge on any atom is 0.137 e. The first kappa shape index (κ1) is 13.7. The van der Waals surface area contributed by atoms with E-state index in [2.05, 4.69) is 41.5 Å². The van der Waals surface area contributed by atoms with Crippen molar-refractivity contribution in [2.75, 3.05) is 0 Å². The molecule has 0 aromatic carbocycles. The van der Waals surface area contributed by atoms with E-state index in [0.717, 1.165) is 6.42 Å². The van der Waals surface area contributed by atoms with Crippen molar-refractivity contribution in [2.24, 2.45) is 22.7 Å². The SMILES string of the molecule is CCC1(CC(=O)C(C(C)C)C(C)(C)C)CC1. The Kier molecular flexibility index (Phi) is 3.87. The van der Waals surface area contributed by atoms with E-state index in [1.54, 1.807) is 0 Å². The van der Waals surface area contributed by atoms with Crippen molar-refractivity contribution >= 4 is 5.78 Å². The fourth-order valence-corrected chi connectivity index (χ4v) is 3.17. The molecule has 1 rings (SSSR count). The van der Waals surface area contributed by atoms with Crippen LogP contribution in [0.2, 0.25) is 0 Å². The second-order valence-corrected chi connectivity index (χ2v) is 7.08. The lowest BCUT2D eigenvalue weighted by Gasteiger charge is -2.33. The Morgan fingerprint density at radius 3 is 2.00 bits per heavy atom. The van der Waals surface area contributed by atoms with Gasteiger partial charge in [0.25, 0.3) is 0 Å². The molecule has 0 radical (unpaired) electrons. The summed E-state index contributed by atoms with van der Waals surface area (Å²) in [4.78, 5) is 12.4. The summed E-state index contributed by atoms with van der Waals surface area (Å²) in [5, 5.41) is 0. The summed E-state index contributed by atoms with van der Waals surface area (Å²) in [7, 11) is 0. The minimum Gasteiger partial charge on any atom is -0.299 e. The molecular weight excluding hydrogens is 196 g/mol. The van der Waals surface area contributed by atoms with Crippen LogP contribution in [0.15, 0.2) is 0 Å². The molecule has 0 saturated heterocycles. The van der Waals surface area contributed by atoms with Gasteiger partial charge in [-0.15, -0.1) is 0 Å². The quantitative estimate of drug-likeness (QED) is 0.674. The number of ketones is 1. The Hall–Kier alpha value is -0.330. The highest BCUT2D eigenvalue weighted by molar-refractivity contribution is 5.83. The standard InChI is InChI=1S/C15H28O/c1-7-15(8-9-15)10-12(16)13(11(2)3)14(4,5)6/h11,13H,7-10H2,1-6H3. The normalized spacial score (nSPS) is 20.9. The molecule has 0 N–H and O–H groups in total. The van der Waals surface area contributed by atoms with Gasteiger partial charge in [0, 0.05) is 12.3 Å². The molecule has 16 heavy (non-hydrogen) atoms. The Bertz CT molecular complexity index is 253. The minimum atomic E-state index is 0.106. The largest absolute Gasteiger partial charge is 0.299 e. The predicted molar refractivity (Wildman–Crippen MR) is 69.4 cm³/mol. The molecule has 1 aliphatic rings. The number of rotatable bonds is 5. The number of hydrogen-bond donors (Lipinski definition) is 0. The lowest BCUT2D eigenvalue weighted by Crippen LogP contribution is -2.34. The van der Waals surface area contributed by atoms with Crippen LogP contribution in [0, 0.1) is 22.7 Å². The van der Waals surface area contributed by atoms with Gasteiger partial charge in [-0.2, -0.15) is 0 Å². The van der Waals surface area contributed by atoms with Gasteiger partial charge >= 0.3 is 0 Å². The van der Waals surface area contributed by atoms with Gasteiger partial charge in [0.1, 0.15) is 5.78 Å². The van der Waals surface area contributed by atoms with Crippen molar-refractivity contribution in [3.05, 3.63) is 0 Å². The van der Waals surface area contributed by atoms with E-state index in [-0.39, 0.29) is 11.3 Å². The smallest absolute Gasteiger partial charge is 0.137 e. The van der Waals surface area contributed by atoms with Crippen LogP contribution in [-0.2, 0) is 4.79 Å². The first-order valence-electron chi connectivity index (χ1n) is 6.74. The van der Waals surface area contributed by atoms with Crippen molar-refractivity contribution in [3.8, 4) is 0 Å². The monoisotopic (exact) mass is 224 g/mol. The van der Waals surface area contributed by atoms with Gasteiger partial charge in [0.15, 0.2) is 0 Å². The highest BCUT2D eigenvalue weighted by Gasteiger charge is 2.45. The summed E-state index contributed by atoms with van der Waals surface area (Å²) < 4.78 is 0. The van der Waals surface area contributed by atoms with E-state index in [0.29, 0.717) is 17.1 Å². The second kappa shape index (κ2) is 4.50. The third kappa shape index (κ3) is 3.09. The van der Waals surface area contributed by atoms with Crippen LogP contribution in [0.25, 0.3) is 0 Å². The predicted octanol–water partition coefficient (Wildman–Crippen LogP) is 4.45. The highest BCUT2D eigenvalue weighted by Crippen LogP contribution is 2.53. The molecule has 0 bridgehead atoms. The lowest BCUT2D eigenvalue weighted by atomic mass is 9.70. The van der Waals surface area contributed by atoms with Gasteiger partial charge < -0.3 is 0 Å². The van der Waals surface area contributed by atoms with Gasteiger partial charge in [0.2, 0.25) is 0 Å². The summed E-state index contributed by atoms with van der Waals surface area (Å²) in [5.41, 5.74) is 0.505. The summed E-state index contributed by atoms with van der Waals surface area (Å²) >= 11 is 0. The maximum atomic E-state index is 12.4. The van der Waals surface area contributed by atoms with E-state index in [4.69, 9.17) is 0 Å². The molecule has 1 heteroatoms. The Balaban J connectivity index is 2.69. The third-order valence-electron chi connectivity index (χ3n) is 4.20. The zero-order chi connectivity index (χ0) is 12.6. The van der Waals surface area contributed by atoms with Crippen LogP contribution in [0.4, 0.5) is 0 Å². The van der Waals surface area contributed by atoms with E-state index in [1.807, 2.05) is 0 Å². The van der Waals surface area contributed by atoms with Crippen molar-refractivity contribution in [3.63, 3.8) is 0 Å². The molecule has 0 aliphatic heterocycles. The summed E-state index contributed by atoms with van der Waals surface area (Å²) in [6.45, 7) is 13.2. The van der Waals surface area contributed by atoms with E-state index in [9.17, 15) is 4.79 Å². The Morgan fingerprint density at radius 2 is 1.75 bits per heavy atom. The molecule has 94 valence electrons. The molecule has 0 heterocycles. The third-order valence-corrected chi connectivity index (χ3v) is 4.20. The number of carbonyl (C=O) groups is 1. The topological polar surface area (TPSA) is 17.1 Å². The molecule has 0 spiro atoms. The van der Waals surface area contributed by atoms with Crippen LogP contribution >= 0.6 is 0 Å². The molecule has 0 amide bonds. The fraction of sp³-hybridized carbons (Fsp3) is 0.933. The Labute approximate surface area is 101 Å². The summed E-state index contributed by atoms with van der Waals surface area (Å²) in [6, 6.07) is 0. The molecule has 1 fully saturated rings. The molecule has 0 aromatic rings. The van der Waals surface area contributed by atoms with Crippen LogP contribution in [0.1, 0.15) is 67.2 Å². The van der Waals surface area contributed by atoms with Crippen LogP contribution in [0.3, 0.4) is 0 Å². The average Bonchev–Trinajstić information content (AvgIpc) is 2.81. The number of Topliss-reactive ketones (excluding diaryl/α,β-unsaturated/α-hetero) is 1. The summed E-state index contributed by atoms with van der Waals surface area (Å²) in [6.07, 6.45) is 4.53. The van der Waals surface area contributed by atoms with E-state index >= 15 is 0 Å². The van der Waals surface area contributed by atoms with E-state index in [1.165, 1.54) is 19.3 Å². The molecule has 1 saturated carbocycles. The number of carbonyl (C=O) groups excluding carboxylic acids is 1. The first-order valence-corrected chi connectivity index (χ1v) is 6.74.